The second-order valence-corrected chi connectivity index (χ2v) is 6.73. The van der Waals surface area contributed by atoms with Crippen molar-refractivity contribution in [3.05, 3.63) is 17.3 Å². The highest BCUT2D eigenvalue weighted by atomic mass is 16.5. The highest BCUT2D eigenvalue weighted by molar-refractivity contribution is 5.82. The summed E-state index contributed by atoms with van der Waals surface area (Å²) in [4.78, 5) is 25.6. The lowest BCUT2D eigenvalue weighted by atomic mass is 10.2. The number of ether oxygens (including phenoxy) is 1. The Kier molecular flexibility index (Phi) is 6.13. The Morgan fingerprint density at radius 2 is 2.00 bits per heavy atom. The standard InChI is InChI=1S/C18H29N5O3/c1-4-19-18(20-12-16-21-13(2)14(3)26-16)23-9-7-22(8-10-23)17(24)15-6-5-11-25-15/h15H,4-12H2,1-3H3,(H,19,20). The predicted molar refractivity (Wildman–Crippen MR) is 97.9 cm³/mol. The fraction of sp³-hybridized carbons (Fsp3) is 0.722. The van der Waals surface area contributed by atoms with E-state index in [9.17, 15) is 4.79 Å². The summed E-state index contributed by atoms with van der Waals surface area (Å²) in [6, 6.07) is 0. The van der Waals surface area contributed by atoms with Crippen molar-refractivity contribution in [2.24, 2.45) is 4.99 Å². The largest absolute Gasteiger partial charge is 0.444 e. The minimum atomic E-state index is -0.236. The quantitative estimate of drug-likeness (QED) is 0.637. The molecular formula is C18H29N5O3. The molecule has 144 valence electrons. The molecule has 1 aromatic heterocycles. The number of aliphatic imine (C=N–C) groups is 1. The van der Waals surface area contributed by atoms with Gasteiger partial charge in [-0.05, 0) is 33.6 Å². The number of rotatable bonds is 4. The van der Waals surface area contributed by atoms with Crippen LogP contribution >= 0.6 is 0 Å². The predicted octanol–water partition coefficient (Wildman–Crippen LogP) is 1.08. The summed E-state index contributed by atoms with van der Waals surface area (Å²) >= 11 is 0. The Bertz CT molecular complexity index is 624. The summed E-state index contributed by atoms with van der Waals surface area (Å²) in [7, 11) is 0. The summed E-state index contributed by atoms with van der Waals surface area (Å²) in [5.74, 6) is 2.43. The van der Waals surface area contributed by atoms with Crippen LogP contribution in [0.15, 0.2) is 9.41 Å². The van der Waals surface area contributed by atoms with Gasteiger partial charge in [0.2, 0.25) is 5.89 Å². The molecule has 2 saturated heterocycles. The Hall–Kier alpha value is -2.09. The van der Waals surface area contributed by atoms with Crippen LogP contribution in [-0.2, 0) is 16.1 Å². The van der Waals surface area contributed by atoms with Crippen LogP contribution in [0, 0.1) is 13.8 Å². The number of carbonyl (C=O) groups excluding carboxylic acids is 1. The number of amides is 1. The van der Waals surface area contributed by atoms with Gasteiger partial charge in [0.05, 0.1) is 5.69 Å². The monoisotopic (exact) mass is 363 g/mol. The van der Waals surface area contributed by atoms with E-state index in [1.165, 1.54) is 0 Å². The minimum absolute atomic E-state index is 0.134. The maximum Gasteiger partial charge on any atom is 0.251 e. The molecule has 1 aromatic rings. The molecule has 8 heteroatoms. The van der Waals surface area contributed by atoms with Gasteiger partial charge in [0, 0.05) is 39.3 Å². The molecular weight excluding hydrogens is 334 g/mol. The third kappa shape index (κ3) is 4.35. The lowest BCUT2D eigenvalue weighted by Gasteiger charge is -2.37. The molecule has 1 unspecified atom stereocenters. The number of hydrogen-bond donors (Lipinski definition) is 1. The van der Waals surface area contributed by atoms with Crippen molar-refractivity contribution in [3.8, 4) is 0 Å². The van der Waals surface area contributed by atoms with Gasteiger partial charge in [0.25, 0.3) is 5.91 Å². The van der Waals surface area contributed by atoms with Crippen LogP contribution in [0.2, 0.25) is 0 Å². The first-order valence-corrected chi connectivity index (χ1v) is 9.45. The van der Waals surface area contributed by atoms with Crippen molar-refractivity contribution in [3.63, 3.8) is 0 Å². The van der Waals surface area contributed by atoms with E-state index in [-0.39, 0.29) is 12.0 Å². The van der Waals surface area contributed by atoms with Crippen molar-refractivity contribution in [1.82, 2.24) is 20.1 Å². The number of hydrogen-bond acceptors (Lipinski definition) is 5. The normalized spacial score (nSPS) is 21.3. The zero-order valence-electron chi connectivity index (χ0n) is 16.0. The summed E-state index contributed by atoms with van der Waals surface area (Å²) in [6.45, 7) is 10.7. The van der Waals surface area contributed by atoms with Crippen LogP contribution in [0.5, 0.6) is 0 Å². The highest BCUT2D eigenvalue weighted by Crippen LogP contribution is 2.16. The first-order valence-electron chi connectivity index (χ1n) is 9.45. The Labute approximate surface area is 154 Å². The van der Waals surface area contributed by atoms with Crippen LogP contribution in [0.25, 0.3) is 0 Å². The van der Waals surface area contributed by atoms with E-state index in [0.29, 0.717) is 32.1 Å². The molecule has 0 saturated carbocycles. The van der Waals surface area contributed by atoms with Gasteiger partial charge >= 0.3 is 0 Å². The van der Waals surface area contributed by atoms with Crippen LogP contribution in [0.3, 0.4) is 0 Å². The van der Waals surface area contributed by atoms with Crippen molar-refractivity contribution < 1.29 is 13.9 Å². The van der Waals surface area contributed by atoms with E-state index in [2.05, 4.69) is 20.2 Å². The smallest absolute Gasteiger partial charge is 0.251 e. The van der Waals surface area contributed by atoms with Crippen LogP contribution in [-0.4, -0.2) is 72.1 Å². The summed E-state index contributed by atoms with van der Waals surface area (Å²) in [6.07, 6.45) is 1.59. The highest BCUT2D eigenvalue weighted by Gasteiger charge is 2.30. The molecule has 2 aliphatic rings. The Morgan fingerprint density at radius 3 is 2.58 bits per heavy atom. The molecule has 26 heavy (non-hydrogen) atoms. The molecule has 3 rings (SSSR count). The van der Waals surface area contributed by atoms with Gasteiger partial charge in [-0.1, -0.05) is 0 Å². The fourth-order valence-electron chi connectivity index (χ4n) is 3.29. The van der Waals surface area contributed by atoms with Crippen molar-refractivity contribution in [2.75, 3.05) is 39.3 Å². The van der Waals surface area contributed by atoms with Crippen molar-refractivity contribution in [1.29, 1.82) is 0 Å². The Morgan fingerprint density at radius 1 is 1.27 bits per heavy atom. The molecule has 0 aromatic carbocycles. The van der Waals surface area contributed by atoms with Crippen LogP contribution in [0.1, 0.15) is 37.1 Å². The average Bonchev–Trinajstić information content (AvgIpc) is 3.29. The first kappa shape index (κ1) is 18.7. The van der Waals surface area contributed by atoms with Crippen LogP contribution in [0.4, 0.5) is 0 Å². The number of nitrogens with zero attached hydrogens (tertiary/aromatic N) is 4. The fourth-order valence-corrected chi connectivity index (χ4v) is 3.29. The molecule has 1 atom stereocenters. The van der Waals surface area contributed by atoms with Gasteiger partial charge in [0.15, 0.2) is 5.96 Å². The summed E-state index contributed by atoms with van der Waals surface area (Å²) in [5.41, 5.74) is 0.904. The number of piperazine rings is 1. The van der Waals surface area contributed by atoms with Gasteiger partial charge in [0.1, 0.15) is 18.4 Å². The molecule has 3 heterocycles. The number of carbonyl (C=O) groups is 1. The second-order valence-electron chi connectivity index (χ2n) is 6.73. The topological polar surface area (TPSA) is 83.2 Å². The third-order valence-corrected chi connectivity index (χ3v) is 4.87. The molecule has 1 N–H and O–H groups in total. The Balaban J connectivity index is 1.57. The number of nitrogens with one attached hydrogen (secondary N) is 1. The molecule has 0 radical (unpaired) electrons. The number of aromatic nitrogens is 1. The zero-order valence-corrected chi connectivity index (χ0v) is 16.0. The summed E-state index contributed by atoms with van der Waals surface area (Å²) < 4.78 is 11.1. The van der Waals surface area contributed by atoms with E-state index in [1.807, 2.05) is 25.7 Å². The maximum absolute atomic E-state index is 12.5. The zero-order chi connectivity index (χ0) is 18.5. The van der Waals surface area contributed by atoms with E-state index in [4.69, 9.17) is 9.15 Å². The lowest BCUT2D eigenvalue weighted by Crippen LogP contribution is -2.55. The first-order chi connectivity index (χ1) is 12.6. The molecule has 0 aliphatic carbocycles. The van der Waals surface area contributed by atoms with Gasteiger partial charge in [-0.25, -0.2) is 9.98 Å². The molecule has 1 amide bonds. The van der Waals surface area contributed by atoms with Crippen LogP contribution < -0.4 is 5.32 Å². The van der Waals surface area contributed by atoms with Gasteiger partial charge in [-0.15, -0.1) is 0 Å². The van der Waals surface area contributed by atoms with Gasteiger partial charge in [-0.3, -0.25) is 4.79 Å². The van der Waals surface area contributed by atoms with E-state index < -0.39 is 0 Å². The molecule has 2 fully saturated rings. The van der Waals surface area contributed by atoms with Gasteiger partial charge < -0.3 is 24.3 Å². The van der Waals surface area contributed by atoms with E-state index in [0.717, 1.165) is 49.9 Å². The third-order valence-electron chi connectivity index (χ3n) is 4.87. The van der Waals surface area contributed by atoms with Crippen molar-refractivity contribution >= 4 is 11.9 Å². The lowest BCUT2D eigenvalue weighted by molar-refractivity contribution is -0.142. The minimum Gasteiger partial charge on any atom is -0.444 e. The van der Waals surface area contributed by atoms with Gasteiger partial charge in [-0.2, -0.15) is 0 Å². The van der Waals surface area contributed by atoms with E-state index >= 15 is 0 Å². The maximum atomic E-state index is 12.5. The molecule has 2 aliphatic heterocycles. The molecule has 8 nitrogen and oxygen atoms in total. The summed E-state index contributed by atoms with van der Waals surface area (Å²) in [5, 5.41) is 3.32. The second kappa shape index (κ2) is 8.53. The number of aryl methyl sites for hydroxylation is 2. The van der Waals surface area contributed by atoms with E-state index in [1.54, 1.807) is 0 Å². The number of oxazole rings is 1. The number of guanidine groups is 1. The van der Waals surface area contributed by atoms with Crippen molar-refractivity contribution in [2.45, 2.75) is 46.3 Å². The molecule has 0 spiro atoms. The SMILES string of the molecule is CCNC(=NCc1nc(C)c(C)o1)N1CCN(C(=O)C2CCCO2)CC1. The molecule has 0 bridgehead atoms. The average molecular weight is 363 g/mol.